The predicted octanol–water partition coefficient (Wildman–Crippen LogP) is -0.373. The van der Waals surface area contributed by atoms with Crippen LogP contribution in [-0.2, 0) is 6.54 Å². The molecule has 0 atom stereocenters. The number of nitrogens with one attached hydrogen (secondary N) is 1. The molecule has 0 bridgehead atoms. The average Bonchev–Trinajstić information content (AvgIpc) is 2.09. The average molecular weight is 176 g/mol. The van der Waals surface area contributed by atoms with E-state index in [1.165, 1.54) is 16.8 Å². The summed E-state index contributed by atoms with van der Waals surface area (Å²) in [5.74, 6) is 0. The lowest BCUT2D eigenvalue weighted by Gasteiger charge is -2.03. The molecule has 0 aliphatic carbocycles. The first kappa shape index (κ1) is 9.45. The first-order chi connectivity index (χ1) is 6.07. The molecule has 1 aromatic rings. The summed E-state index contributed by atoms with van der Waals surface area (Å²) in [5.41, 5.74) is 0.717. The monoisotopic (exact) mass is 176 g/mol. The van der Waals surface area contributed by atoms with Gasteiger partial charge < -0.3 is 9.98 Å². The van der Waals surface area contributed by atoms with E-state index >= 15 is 0 Å². The zero-order valence-electron chi connectivity index (χ0n) is 7.63. The minimum absolute atomic E-state index is 0.126. The van der Waals surface area contributed by atoms with Crippen LogP contribution >= 0.6 is 0 Å². The van der Waals surface area contributed by atoms with Crippen molar-refractivity contribution in [3.63, 3.8) is 0 Å². The van der Waals surface area contributed by atoms with Gasteiger partial charge in [-0.2, -0.15) is 0 Å². The first-order valence-corrected chi connectivity index (χ1v) is 3.95. The van der Waals surface area contributed by atoms with Crippen LogP contribution in [0.1, 0.15) is 5.56 Å². The van der Waals surface area contributed by atoms with Crippen LogP contribution in [-0.4, -0.2) is 10.8 Å². The lowest BCUT2D eigenvalue weighted by molar-refractivity contribution is 0.774. The van der Waals surface area contributed by atoms with Crippen molar-refractivity contribution in [2.45, 2.75) is 13.5 Å². The summed E-state index contributed by atoms with van der Waals surface area (Å²) in [6.07, 6.45) is 1.17. The highest BCUT2D eigenvalue weighted by atomic mass is 16.1. The number of aromatic nitrogens is 1. The van der Waals surface area contributed by atoms with Gasteiger partial charge in [0.25, 0.3) is 5.56 Å². The third-order valence-electron chi connectivity index (χ3n) is 2.03. The Morgan fingerprint density at radius 3 is 2.77 bits per heavy atom. The van der Waals surface area contributed by atoms with Crippen LogP contribution in [0.4, 0.5) is 0 Å². The topological polar surface area (TPSA) is 45.9 Å². The molecule has 13 heavy (non-hydrogen) atoms. The fourth-order valence-corrected chi connectivity index (χ4v) is 1.17. The van der Waals surface area contributed by atoms with Gasteiger partial charge in [0.2, 0.25) is 0 Å². The Morgan fingerprint density at radius 2 is 2.23 bits per heavy atom. The Labute approximate surface area is 76.2 Å². The largest absolute Gasteiger partial charge is 0.311 e. The second-order valence-corrected chi connectivity index (χ2v) is 2.91. The molecule has 0 aliphatic heterocycles. The third kappa shape index (κ3) is 1.59. The van der Waals surface area contributed by atoms with Crippen LogP contribution < -0.4 is 16.1 Å². The Bertz CT molecular complexity index is 485. The van der Waals surface area contributed by atoms with Gasteiger partial charge in [0.1, 0.15) is 0 Å². The normalized spacial score (nSPS) is 9.92. The molecule has 0 saturated heterocycles. The molecule has 0 unspecified atom stereocenters. The third-order valence-corrected chi connectivity index (χ3v) is 2.03. The van der Waals surface area contributed by atoms with E-state index in [1.54, 1.807) is 0 Å². The summed E-state index contributed by atoms with van der Waals surface area (Å²) in [6.45, 7) is 9.65. The van der Waals surface area contributed by atoms with E-state index in [4.69, 9.17) is 5.41 Å². The van der Waals surface area contributed by atoms with Crippen LogP contribution in [0.3, 0.4) is 0 Å². The van der Waals surface area contributed by atoms with Gasteiger partial charge in [0.05, 0.1) is 6.54 Å². The van der Waals surface area contributed by atoms with Gasteiger partial charge in [-0.1, -0.05) is 13.2 Å². The molecule has 1 rings (SSSR count). The fraction of sp³-hybridized carbons (Fsp3) is 0.200. The molecule has 0 amide bonds. The molecule has 0 spiro atoms. The molecule has 3 heteroatoms. The van der Waals surface area contributed by atoms with Crippen molar-refractivity contribution in [2.24, 2.45) is 0 Å². The van der Waals surface area contributed by atoms with E-state index in [0.29, 0.717) is 5.35 Å². The standard InChI is InChI=1S/C10H12N2O/c1-7-6-10(13)12(5-4-11)9(3)8(7)2/h4,6,11H,2-3,5H2,1H3. The maximum Gasteiger partial charge on any atom is 0.251 e. The van der Waals surface area contributed by atoms with E-state index in [-0.39, 0.29) is 12.1 Å². The van der Waals surface area contributed by atoms with Gasteiger partial charge in [-0.25, -0.2) is 0 Å². The highest BCUT2D eigenvalue weighted by Gasteiger charge is 1.97. The fourth-order valence-electron chi connectivity index (χ4n) is 1.17. The van der Waals surface area contributed by atoms with E-state index < -0.39 is 0 Å². The number of hydrogen-bond acceptors (Lipinski definition) is 2. The van der Waals surface area contributed by atoms with Crippen LogP contribution in [0.15, 0.2) is 10.9 Å². The van der Waals surface area contributed by atoms with E-state index in [9.17, 15) is 4.79 Å². The SMILES string of the molecule is C=c1c(C)cc(=O)n(CC=N)c1=C. The number of aryl methyl sites for hydroxylation is 1. The number of nitrogens with zero attached hydrogens (tertiary/aromatic N) is 1. The van der Waals surface area contributed by atoms with Crippen molar-refractivity contribution < 1.29 is 0 Å². The molecule has 0 radical (unpaired) electrons. The zero-order chi connectivity index (χ0) is 10.0. The molecule has 0 fully saturated rings. The molecule has 1 N–H and O–H groups in total. The summed E-state index contributed by atoms with van der Waals surface area (Å²) in [7, 11) is 0. The van der Waals surface area contributed by atoms with Crippen molar-refractivity contribution in [3.05, 3.63) is 32.6 Å². The quantitative estimate of drug-likeness (QED) is 0.614. The second kappa shape index (κ2) is 3.39. The van der Waals surface area contributed by atoms with Crippen molar-refractivity contribution >= 4 is 19.4 Å². The Kier molecular flexibility index (Phi) is 2.46. The highest BCUT2D eigenvalue weighted by Crippen LogP contribution is 1.76. The van der Waals surface area contributed by atoms with Crippen LogP contribution in [0.25, 0.3) is 13.2 Å². The first-order valence-electron chi connectivity index (χ1n) is 3.95. The Morgan fingerprint density at radius 1 is 1.62 bits per heavy atom. The molecule has 0 aliphatic rings. The molecule has 1 aromatic heterocycles. The number of rotatable bonds is 2. The molecular weight excluding hydrogens is 164 g/mol. The number of pyridine rings is 1. The minimum Gasteiger partial charge on any atom is -0.311 e. The van der Waals surface area contributed by atoms with Gasteiger partial charge in [-0.15, -0.1) is 0 Å². The van der Waals surface area contributed by atoms with Gasteiger partial charge in [0, 0.05) is 17.6 Å². The number of hydrogen-bond donors (Lipinski definition) is 1. The maximum absolute atomic E-state index is 11.4. The van der Waals surface area contributed by atoms with Crippen molar-refractivity contribution in [3.8, 4) is 0 Å². The molecule has 1 heterocycles. The lowest BCUT2D eigenvalue weighted by Crippen LogP contribution is -2.43. The van der Waals surface area contributed by atoms with Gasteiger partial charge >= 0.3 is 0 Å². The van der Waals surface area contributed by atoms with Gasteiger partial charge in [-0.3, -0.25) is 4.79 Å². The maximum atomic E-state index is 11.4. The van der Waals surface area contributed by atoms with Crippen LogP contribution in [0, 0.1) is 12.3 Å². The second-order valence-electron chi connectivity index (χ2n) is 2.91. The Hall–Kier alpha value is -1.64. The van der Waals surface area contributed by atoms with E-state index in [0.717, 1.165) is 10.8 Å². The van der Waals surface area contributed by atoms with Crippen molar-refractivity contribution in [1.29, 1.82) is 5.41 Å². The summed E-state index contributed by atoms with van der Waals surface area (Å²) < 4.78 is 1.43. The molecule has 68 valence electrons. The van der Waals surface area contributed by atoms with Crippen molar-refractivity contribution in [2.75, 3.05) is 0 Å². The molecule has 3 nitrogen and oxygen atoms in total. The van der Waals surface area contributed by atoms with Gasteiger partial charge in [-0.05, 0) is 17.7 Å². The molecule has 0 aromatic carbocycles. The highest BCUT2D eigenvalue weighted by molar-refractivity contribution is 5.52. The molecular formula is C10H12N2O. The van der Waals surface area contributed by atoms with Crippen molar-refractivity contribution in [1.82, 2.24) is 4.57 Å². The smallest absolute Gasteiger partial charge is 0.251 e. The summed E-state index contributed by atoms with van der Waals surface area (Å²) in [5, 5.41) is 8.28. The minimum atomic E-state index is -0.126. The van der Waals surface area contributed by atoms with Crippen LogP contribution in [0.2, 0.25) is 0 Å². The van der Waals surface area contributed by atoms with E-state index in [1.807, 2.05) is 6.92 Å². The molecule has 0 saturated carbocycles. The van der Waals surface area contributed by atoms with E-state index in [2.05, 4.69) is 13.2 Å². The lowest BCUT2D eigenvalue weighted by atomic mass is 10.2. The van der Waals surface area contributed by atoms with Gasteiger partial charge in [0.15, 0.2) is 0 Å². The summed E-state index contributed by atoms with van der Waals surface area (Å²) in [6, 6.07) is 1.51. The summed E-state index contributed by atoms with van der Waals surface area (Å²) >= 11 is 0. The van der Waals surface area contributed by atoms with Crippen LogP contribution in [0.5, 0.6) is 0 Å². The zero-order valence-corrected chi connectivity index (χ0v) is 7.63. The Balaban J connectivity index is 3.63. The summed E-state index contributed by atoms with van der Waals surface area (Å²) in [4.78, 5) is 11.4. The predicted molar refractivity (Wildman–Crippen MR) is 54.5 cm³/mol.